The quantitative estimate of drug-likeness (QED) is 0.720. The Hall–Kier alpha value is -1.07. The van der Waals surface area contributed by atoms with Crippen LogP contribution in [0.1, 0.15) is 40.5 Å². The summed E-state index contributed by atoms with van der Waals surface area (Å²) in [5.74, 6) is -1.44. The van der Waals surface area contributed by atoms with Crippen LogP contribution in [-0.4, -0.2) is 29.4 Å². The molecule has 1 rings (SSSR count). The van der Waals surface area contributed by atoms with Crippen LogP contribution in [0.25, 0.3) is 0 Å². The molecule has 0 radical (unpaired) electrons. The normalized spacial score (nSPS) is 26.1. The predicted octanol–water partition coefficient (Wildman–Crippen LogP) is 2.75. The Bertz CT molecular complexity index is 370. The fraction of sp³-hybridized carbons (Fsp3) is 0.833. The number of likely N-dealkylation sites (tertiary alicyclic amines) is 1. The van der Waals surface area contributed by atoms with Gasteiger partial charge < -0.3 is 0 Å². The summed E-state index contributed by atoms with van der Waals surface area (Å²) in [5, 5.41) is 0. The Morgan fingerprint density at radius 2 is 1.72 bits per heavy atom. The van der Waals surface area contributed by atoms with Crippen molar-refractivity contribution in [2.24, 2.45) is 10.8 Å². The van der Waals surface area contributed by atoms with Gasteiger partial charge in [-0.05, 0) is 11.8 Å². The average molecular weight is 265 g/mol. The van der Waals surface area contributed by atoms with Crippen molar-refractivity contribution in [1.29, 1.82) is 0 Å². The van der Waals surface area contributed by atoms with Gasteiger partial charge in [-0.2, -0.15) is 13.2 Å². The Labute approximate surface area is 104 Å². The lowest BCUT2D eigenvalue weighted by molar-refractivity contribution is -0.167. The molecule has 18 heavy (non-hydrogen) atoms. The van der Waals surface area contributed by atoms with Gasteiger partial charge in [-0.15, -0.1) is 0 Å². The van der Waals surface area contributed by atoms with Crippen LogP contribution >= 0.6 is 0 Å². The third-order valence-corrected chi connectivity index (χ3v) is 2.86. The summed E-state index contributed by atoms with van der Waals surface area (Å²) in [7, 11) is 0. The van der Waals surface area contributed by atoms with Gasteiger partial charge in [-0.3, -0.25) is 14.5 Å². The van der Waals surface area contributed by atoms with Gasteiger partial charge in [0.25, 0.3) is 0 Å². The standard InChI is InChI=1S/C12H18F3NO2/c1-10(2,3)6-11(4)5-8(17)16(9(11)18)7-12(13,14)15/h5-7H2,1-4H3. The molecular formula is C12H18F3NO2. The van der Waals surface area contributed by atoms with Crippen LogP contribution in [0.5, 0.6) is 0 Å². The number of hydrogen-bond acceptors (Lipinski definition) is 2. The minimum absolute atomic E-state index is 0.140. The SMILES string of the molecule is CC(C)(C)CC1(C)CC(=O)N(CC(F)(F)F)C1=O. The lowest BCUT2D eigenvalue weighted by Gasteiger charge is -2.30. The molecule has 0 saturated carbocycles. The lowest BCUT2D eigenvalue weighted by atomic mass is 9.74. The molecule has 1 saturated heterocycles. The summed E-state index contributed by atoms with van der Waals surface area (Å²) in [4.78, 5) is 23.9. The van der Waals surface area contributed by atoms with E-state index in [4.69, 9.17) is 0 Å². The highest BCUT2D eigenvalue weighted by Gasteiger charge is 2.52. The molecule has 0 aromatic heterocycles. The first-order chi connectivity index (χ1) is 7.84. The maximum Gasteiger partial charge on any atom is 0.406 e. The van der Waals surface area contributed by atoms with Crippen molar-refractivity contribution in [2.45, 2.75) is 46.7 Å². The average Bonchev–Trinajstić information content (AvgIpc) is 2.23. The number of nitrogens with zero attached hydrogens (tertiary/aromatic N) is 1. The summed E-state index contributed by atoms with van der Waals surface area (Å²) < 4.78 is 36.9. The van der Waals surface area contributed by atoms with E-state index in [0.29, 0.717) is 11.3 Å². The molecule has 1 aliphatic heterocycles. The zero-order chi connectivity index (χ0) is 14.4. The van der Waals surface area contributed by atoms with Crippen molar-refractivity contribution in [3.8, 4) is 0 Å². The fourth-order valence-electron chi connectivity index (χ4n) is 2.59. The smallest absolute Gasteiger partial charge is 0.274 e. The van der Waals surface area contributed by atoms with Gasteiger partial charge in [0, 0.05) is 6.42 Å². The topological polar surface area (TPSA) is 37.4 Å². The first-order valence-corrected chi connectivity index (χ1v) is 5.76. The van der Waals surface area contributed by atoms with E-state index in [0.717, 1.165) is 0 Å². The summed E-state index contributed by atoms with van der Waals surface area (Å²) in [6, 6.07) is 0. The molecule has 0 N–H and O–H groups in total. The van der Waals surface area contributed by atoms with Crippen molar-refractivity contribution in [2.75, 3.05) is 6.54 Å². The first kappa shape index (κ1) is 15.0. The van der Waals surface area contributed by atoms with Crippen molar-refractivity contribution in [3.63, 3.8) is 0 Å². The number of carbonyl (C=O) groups is 2. The Balaban J connectivity index is 2.90. The van der Waals surface area contributed by atoms with Crippen LogP contribution < -0.4 is 0 Å². The van der Waals surface area contributed by atoms with Crippen molar-refractivity contribution in [1.82, 2.24) is 4.90 Å². The van der Waals surface area contributed by atoms with Crippen LogP contribution in [0, 0.1) is 10.8 Å². The number of amides is 2. The van der Waals surface area contributed by atoms with Gasteiger partial charge in [-0.25, -0.2) is 0 Å². The van der Waals surface area contributed by atoms with Crippen LogP contribution in [0.3, 0.4) is 0 Å². The highest BCUT2D eigenvalue weighted by Crippen LogP contribution is 2.42. The number of alkyl halides is 3. The zero-order valence-corrected chi connectivity index (χ0v) is 11.0. The van der Waals surface area contributed by atoms with E-state index in [1.54, 1.807) is 6.92 Å². The minimum atomic E-state index is -4.54. The molecule has 1 aliphatic rings. The first-order valence-electron chi connectivity index (χ1n) is 5.76. The highest BCUT2D eigenvalue weighted by atomic mass is 19.4. The second-order valence-corrected chi connectivity index (χ2v) is 6.38. The van der Waals surface area contributed by atoms with E-state index in [-0.39, 0.29) is 11.8 Å². The van der Waals surface area contributed by atoms with Gasteiger partial charge in [0.05, 0.1) is 5.41 Å². The highest BCUT2D eigenvalue weighted by molar-refractivity contribution is 6.05. The van der Waals surface area contributed by atoms with Crippen LogP contribution in [-0.2, 0) is 9.59 Å². The summed E-state index contributed by atoms with van der Waals surface area (Å²) >= 11 is 0. The maximum atomic E-state index is 12.3. The van der Waals surface area contributed by atoms with Gasteiger partial charge >= 0.3 is 6.18 Å². The monoisotopic (exact) mass is 265 g/mol. The Morgan fingerprint density at radius 3 is 2.11 bits per heavy atom. The molecular weight excluding hydrogens is 247 g/mol. The Morgan fingerprint density at radius 1 is 1.22 bits per heavy atom. The number of carbonyl (C=O) groups excluding carboxylic acids is 2. The molecule has 2 amide bonds. The maximum absolute atomic E-state index is 12.3. The number of rotatable bonds is 2. The van der Waals surface area contributed by atoms with Crippen molar-refractivity contribution >= 4 is 11.8 Å². The second-order valence-electron chi connectivity index (χ2n) is 6.38. The molecule has 0 spiro atoms. The minimum Gasteiger partial charge on any atom is -0.274 e. The molecule has 0 aliphatic carbocycles. The molecule has 1 unspecified atom stereocenters. The van der Waals surface area contributed by atoms with E-state index in [1.807, 2.05) is 20.8 Å². The number of halogens is 3. The van der Waals surface area contributed by atoms with Crippen LogP contribution in [0.15, 0.2) is 0 Å². The fourth-order valence-corrected chi connectivity index (χ4v) is 2.59. The summed E-state index contributed by atoms with van der Waals surface area (Å²) in [5.41, 5.74) is -1.24. The van der Waals surface area contributed by atoms with E-state index in [9.17, 15) is 22.8 Å². The molecule has 104 valence electrons. The predicted molar refractivity (Wildman–Crippen MR) is 59.6 cm³/mol. The van der Waals surface area contributed by atoms with Crippen molar-refractivity contribution < 1.29 is 22.8 Å². The molecule has 1 heterocycles. The third kappa shape index (κ3) is 3.46. The molecule has 3 nitrogen and oxygen atoms in total. The summed E-state index contributed by atoms with van der Waals surface area (Å²) in [6.45, 7) is 5.76. The van der Waals surface area contributed by atoms with Crippen molar-refractivity contribution in [3.05, 3.63) is 0 Å². The molecule has 0 aromatic rings. The molecule has 1 fully saturated rings. The molecule has 6 heteroatoms. The molecule has 0 aromatic carbocycles. The second kappa shape index (κ2) is 4.24. The molecule has 1 atom stereocenters. The van der Waals surface area contributed by atoms with Gasteiger partial charge in [0.15, 0.2) is 0 Å². The number of hydrogen-bond donors (Lipinski definition) is 0. The van der Waals surface area contributed by atoms with Crippen LogP contribution in [0.2, 0.25) is 0 Å². The van der Waals surface area contributed by atoms with E-state index in [2.05, 4.69) is 0 Å². The number of imide groups is 1. The van der Waals surface area contributed by atoms with E-state index in [1.165, 1.54) is 0 Å². The van der Waals surface area contributed by atoms with E-state index < -0.39 is 30.0 Å². The third-order valence-electron chi connectivity index (χ3n) is 2.86. The lowest BCUT2D eigenvalue weighted by Crippen LogP contribution is -2.41. The Kier molecular flexibility index (Phi) is 3.53. The van der Waals surface area contributed by atoms with Gasteiger partial charge in [0.2, 0.25) is 11.8 Å². The largest absolute Gasteiger partial charge is 0.406 e. The van der Waals surface area contributed by atoms with Gasteiger partial charge in [-0.1, -0.05) is 27.7 Å². The van der Waals surface area contributed by atoms with E-state index >= 15 is 0 Å². The van der Waals surface area contributed by atoms with Gasteiger partial charge in [0.1, 0.15) is 6.54 Å². The summed E-state index contributed by atoms with van der Waals surface area (Å²) in [6.07, 6.45) is -4.30. The molecule has 0 bridgehead atoms. The zero-order valence-electron chi connectivity index (χ0n) is 11.0. The van der Waals surface area contributed by atoms with Crippen LogP contribution in [0.4, 0.5) is 13.2 Å².